The van der Waals surface area contributed by atoms with Gasteiger partial charge in [-0.1, -0.05) is 11.6 Å². The molecule has 1 fully saturated rings. The molecule has 0 bridgehead atoms. The van der Waals surface area contributed by atoms with Crippen molar-refractivity contribution >= 4 is 27.5 Å². The first-order chi connectivity index (χ1) is 10.4. The van der Waals surface area contributed by atoms with Crippen LogP contribution in [0.25, 0.3) is 0 Å². The van der Waals surface area contributed by atoms with E-state index in [1.807, 2.05) is 0 Å². The maximum absolute atomic E-state index is 12.8. The van der Waals surface area contributed by atoms with E-state index in [-0.39, 0.29) is 29.0 Å². The van der Waals surface area contributed by atoms with Crippen molar-refractivity contribution in [1.82, 2.24) is 9.62 Å². The summed E-state index contributed by atoms with van der Waals surface area (Å²) in [5, 5.41) is 2.89. The molecule has 0 spiro atoms. The van der Waals surface area contributed by atoms with Gasteiger partial charge in [0.25, 0.3) is 0 Å². The summed E-state index contributed by atoms with van der Waals surface area (Å²) in [7, 11) is -0.798. The average molecular weight is 347 g/mol. The highest BCUT2D eigenvalue weighted by Gasteiger charge is 2.34. The van der Waals surface area contributed by atoms with Crippen molar-refractivity contribution in [3.05, 3.63) is 23.2 Å². The molecule has 0 unspecified atom stereocenters. The molecule has 0 radical (unpaired) electrons. The lowest BCUT2D eigenvalue weighted by Crippen LogP contribution is -2.44. The van der Waals surface area contributed by atoms with Gasteiger partial charge in [0, 0.05) is 25.2 Å². The number of rotatable bonds is 4. The van der Waals surface area contributed by atoms with Crippen molar-refractivity contribution < 1.29 is 17.9 Å². The number of nitrogens with zero attached hydrogens (tertiary/aromatic N) is 1. The molecule has 1 atom stereocenters. The van der Waals surface area contributed by atoms with Crippen LogP contribution in [0.2, 0.25) is 5.02 Å². The summed E-state index contributed by atoms with van der Waals surface area (Å²) in [6.07, 6.45) is 1.32. The van der Waals surface area contributed by atoms with Gasteiger partial charge in [-0.25, -0.2) is 8.42 Å². The van der Waals surface area contributed by atoms with E-state index in [1.54, 1.807) is 13.1 Å². The first kappa shape index (κ1) is 17.1. The molecule has 1 aliphatic rings. The SMILES string of the molecule is CNC(=O)[C@@H]1CCCN(S(=O)(=O)c2cc(Cl)ccc2OC)C1. The smallest absolute Gasteiger partial charge is 0.246 e. The highest BCUT2D eigenvalue weighted by Crippen LogP contribution is 2.31. The Hall–Kier alpha value is -1.31. The van der Waals surface area contributed by atoms with Crippen LogP contribution in [0.3, 0.4) is 0 Å². The second kappa shape index (κ2) is 6.85. The molecule has 22 heavy (non-hydrogen) atoms. The van der Waals surface area contributed by atoms with Crippen LogP contribution in [-0.2, 0) is 14.8 Å². The van der Waals surface area contributed by atoms with Crippen LogP contribution in [0.15, 0.2) is 23.1 Å². The van der Waals surface area contributed by atoms with Crippen LogP contribution >= 0.6 is 11.6 Å². The van der Waals surface area contributed by atoms with E-state index >= 15 is 0 Å². The second-order valence-corrected chi connectivity index (χ2v) is 7.45. The molecule has 6 nitrogen and oxygen atoms in total. The Morgan fingerprint density at radius 1 is 1.45 bits per heavy atom. The number of amides is 1. The number of hydrogen-bond donors (Lipinski definition) is 1. The molecule has 0 saturated carbocycles. The lowest BCUT2D eigenvalue weighted by molar-refractivity contribution is -0.125. The summed E-state index contributed by atoms with van der Waals surface area (Å²) in [5.41, 5.74) is 0. The minimum atomic E-state index is -3.76. The van der Waals surface area contributed by atoms with Gasteiger partial charge in [0.1, 0.15) is 10.6 Å². The number of halogens is 1. The fraction of sp³-hybridized carbons (Fsp3) is 0.500. The van der Waals surface area contributed by atoms with Crippen molar-refractivity contribution in [3.63, 3.8) is 0 Å². The lowest BCUT2D eigenvalue weighted by Gasteiger charge is -2.31. The van der Waals surface area contributed by atoms with Gasteiger partial charge < -0.3 is 10.1 Å². The number of carbonyl (C=O) groups excluding carboxylic acids is 1. The van der Waals surface area contributed by atoms with Crippen molar-refractivity contribution in [2.24, 2.45) is 5.92 Å². The van der Waals surface area contributed by atoms with Gasteiger partial charge in [-0.05, 0) is 31.0 Å². The van der Waals surface area contributed by atoms with Gasteiger partial charge in [0.05, 0.1) is 13.0 Å². The molecule has 1 aromatic carbocycles. The number of benzene rings is 1. The summed E-state index contributed by atoms with van der Waals surface area (Å²) in [6.45, 7) is 0.545. The quantitative estimate of drug-likeness (QED) is 0.896. The normalized spacial score (nSPS) is 19.7. The number of piperidine rings is 1. The van der Waals surface area contributed by atoms with Crippen molar-refractivity contribution in [2.75, 3.05) is 27.2 Å². The van der Waals surface area contributed by atoms with Crippen LogP contribution in [0.1, 0.15) is 12.8 Å². The Balaban J connectivity index is 2.34. The van der Waals surface area contributed by atoms with Gasteiger partial charge in [-0.3, -0.25) is 4.79 Å². The zero-order valence-corrected chi connectivity index (χ0v) is 14.1. The Bertz CT molecular complexity index is 663. The third-order valence-corrected chi connectivity index (χ3v) is 5.87. The first-order valence-corrected chi connectivity index (χ1v) is 8.77. The Morgan fingerprint density at radius 2 is 2.18 bits per heavy atom. The molecule has 8 heteroatoms. The zero-order valence-electron chi connectivity index (χ0n) is 12.5. The van der Waals surface area contributed by atoms with E-state index < -0.39 is 10.0 Å². The predicted octanol–water partition coefficient (Wildman–Crippen LogP) is 1.50. The van der Waals surface area contributed by atoms with E-state index in [2.05, 4.69) is 5.32 Å². The summed E-state index contributed by atoms with van der Waals surface area (Å²) in [6, 6.07) is 4.47. The number of sulfonamides is 1. The van der Waals surface area contributed by atoms with Gasteiger partial charge in [-0.15, -0.1) is 0 Å². The molecule has 2 rings (SSSR count). The van der Waals surface area contributed by atoms with E-state index in [9.17, 15) is 13.2 Å². The molecule has 1 aliphatic heterocycles. The number of nitrogens with one attached hydrogen (secondary N) is 1. The van der Waals surface area contributed by atoms with Crippen molar-refractivity contribution in [3.8, 4) is 5.75 Å². The van der Waals surface area contributed by atoms with E-state index in [0.29, 0.717) is 24.4 Å². The maximum atomic E-state index is 12.8. The van der Waals surface area contributed by atoms with Crippen LogP contribution in [-0.4, -0.2) is 45.9 Å². The van der Waals surface area contributed by atoms with Crippen molar-refractivity contribution in [2.45, 2.75) is 17.7 Å². The molecule has 1 aromatic rings. The largest absolute Gasteiger partial charge is 0.495 e. The van der Waals surface area contributed by atoms with Crippen LogP contribution in [0, 0.1) is 5.92 Å². The Kier molecular flexibility index (Phi) is 5.31. The van der Waals surface area contributed by atoms with Gasteiger partial charge in [-0.2, -0.15) is 4.31 Å². The van der Waals surface area contributed by atoms with Crippen LogP contribution in [0.4, 0.5) is 0 Å². The second-order valence-electron chi connectivity index (χ2n) is 5.11. The lowest BCUT2D eigenvalue weighted by atomic mass is 9.99. The number of carbonyl (C=O) groups is 1. The Morgan fingerprint density at radius 3 is 2.82 bits per heavy atom. The number of hydrogen-bond acceptors (Lipinski definition) is 4. The monoisotopic (exact) mass is 346 g/mol. The van der Waals surface area contributed by atoms with Crippen molar-refractivity contribution in [1.29, 1.82) is 0 Å². The molecule has 1 saturated heterocycles. The minimum Gasteiger partial charge on any atom is -0.495 e. The number of methoxy groups -OCH3 is 1. The highest BCUT2D eigenvalue weighted by molar-refractivity contribution is 7.89. The topological polar surface area (TPSA) is 75.7 Å². The van der Waals surface area contributed by atoms with Gasteiger partial charge >= 0.3 is 0 Å². The third kappa shape index (κ3) is 3.37. The summed E-state index contributed by atoms with van der Waals surface area (Å²) in [5.74, 6) is -0.233. The fourth-order valence-electron chi connectivity index (χ4n) is 2.57. The van der Waals surface area contributed by atoms with E-state index in [4.69, 9.17) is 16.3 Å². The molecule has 0 aliphatic carbocycles. The highest BCUT2D eigenvalue weighted by atomic mass is 35.5. The first-order valence-electron chi connectivity index (χ1n) is 6.95. The van der Waals surface area contributed by atoms with Crippen LogP contribution in [0.5, 0.6) is 5.75 Å². The molecule has 1 heterocycles. The predicted molar refractivity (Wildman–Crippen MR) is 83.6 cm³/mol. The zero-order chi connectivity index (χ0) is 16.3. The third-order valence-electron chi connectivity index (χ3n) is 3.74. The summed E-state index contributed by atoms with van der Waals surface area (Å²) in [4.78, 5) is 11.8. The minimum absolute atomic E-state index is 0.0278. The molecular weight excluding hydrogens is 328 g/mol. The molecule has 122 valence electrons. The summed E-state index contributed by atoms with van der Waals surface area (Å²) < 4.78 is 32.1. The fourth-order valence-corrected chi connectivity index (χ4v) is 4.51. The van der Waals surface area contributed by atoms with Gasteiger partial charge in [0.2, 0.25) is 15.9 Å². The molecular formula is C14H19ClN2O4S. The number of ether oxygens (including phenoxy) is 1. The van der Waals surface area contributed by atoms with E-state index in [0.717, 1.165) is 0 Å². The Labute approximate surface area is 135 Å². The average Bonchev–Trinajstić information content (AvgIpc) is 2.54. The molecule has 0 aromatic heterocycles. The van der Waals surface area contributed by atoms with Gasteiger partial charge in [0.15, 0.2) is 0 Å². The molecule has 1 N–H and O–H groups in total. The standard InChI is InChI=1S/C14H19ClN2O4S/c1-16-14(18)10-4-3-7-17(9-10)22(19,20)13-8-11(15)5-6-12(13)21-2/h5-6,8,10H,3-4,7,9H2,1-2H3,(H,16,18)/t10-/m1/s1. The summed E-state index contributed by atoms with van der Waals surface area (Å²) >= 11 is 5.92. The maximum Gasteiger partial charge on any atom is 0.246 e. The van der Waals surface area contributed by atoms with Crippen LogP contribution < -0.4 is 10.1 Å². The molecule has 1 amide bonds. The van der Waals surface area contributed by atoms with E-state index in [1.165, 1.54) is 23.5 Å².